The average Bonchev–Trinajstić information content (AvgIpc) is 2.50. The Kier molecular flexibility index (Phi) is 5.30. The van der Waals surface area contributed by atoms with Crippen LogP contribution in [0.2, 0.25) is 0 Å². The molecule has 1 N–H and O–H groups in total. The summed E-state index contributed by atoms with van der Waals surface area (Å²) in [4.78, 5) is 28.5. The summed E-state index contributed by atoms with van der Waals surface area (Å²) < 4.78 is 40.4. The smallest absolute Gasteiger partial charge is 0.324 e. The monoisotopic (exact) mass is 353 g/mol. The Bertz CT molecular complexity index is 844. The molecule has 1 aromatic carbocycles. The Morgan fingerprint density at radius 3 is 2.48 bits per heavy atom. The summed E-state index contributed by atoms with van der Waals surface area (Å²) in [6.45, 7) is 4.97. The summed E-state index contributed by atoms with van der Waals surface area (Å²) in [6.07, 6.45) is -4.37. The Hall–Kier alpha value is -2.64. The van der Waals surface area contributed by atoms with Crippen molar-refractivity contribution >= 4 is 11.6 Å². The van der Waals surface area contributed by atoms with Gasteiger partial charge in [-0.3, -0.25) is 9.36 Å². The predicted octanol–water partition coefficient (Wildman–Crippen LogP) is 3.47. The van der Waals surface area contributed by atoms with E-state index >= 15 is 0 Å². The molecular weight excluding hydrogens is 335 g/mol. The van der Waals surface area contributed by atoms with Gasteiger partial charge in [-0.2, -0.15) is 18.2 Å². The third kappa shape index (κ3) is 4.07. The highest BCUT2D eigenvalue weighted by Gasteiger charge is 2.34. The van der Waals surface area contributed by atoms with Gasteiger partial charge in [0.15, 0.2) is 0 Å². The van der Waals surface area contributed by atoms with Gasteiger partial charge in [-0.25, -0.2) is 4.79 Å². The quantitative estimate of drug-likeness (QED) is 0.915. The molecule has 0 aliphatic carbocycles. The maximum absolute atomic E-state index is 13.1. The van der Waals surface area contributed by atoms with E-state index in [0.717, 1.165) is 6.07 Å². The van der Waals surface area contributed by atoms with Gasteiger partial charge in [0, 0.05) is 11.4 Å². The number of carbonyl (C=O) groups is 1. The largest absolute Gasteiger partial charge is 0.418 e. The minimum absolute atomic E-state index is 0.228. The van der Waals surface area contributed by atoms with Crippen molar-refractivity contribution in [3.05, 3.63) is 57.8 Å². The van der Waals surface area contributed by atoms with Gasteiger partial charge < -0.3 is 5.32 Å². The zero-order chi connectivity index (χ0) is 18.8. The number of amides is 1. The van der Waals surface area contributed by atoms with Gasteiger partial charge >= 0.3 is 11.9 Å². The summed E-state index contributed by atoms with van der Waals surface area (Å²) in [5.41, 5.74) is -0.864. The Morgan fingerprint density at radius 1 is 1.28 bits per heavy atom. The van der Waals surface area contributed by atoms with Gasteiger partial charge in [-0.1, -0.05) is 19.1 Å². The number of aryl methyl sites for hydroxylation is 2. The minimum Gasteiger partial charge on any atom is -0.324 e. The average molecular weight is 353 g/mol. The highest BCUT2D eigenvalue weighted by Crippen LogP contribution is 2.34. The molecule has 0 fully saturated rings. The lowest BCUT2D eigenvalue weighted by atomic mass is 10.1. The summed E-state index contributed by atoms with van der Waals surface area (Å²) in [6, 6.07) is 5.39. The van der Waals surface area contributed by atoms with Crippen molar-refractivity contribution in [2.24, 2.45) is 0 Å². The maximum Gasteiger partial charge on any atom is 0.418 e. The van der Waals surface area contributed by atoms with Crippen molar-refractivity contribution in [3.8, 4) is 0 Å². The first-order valence-electron chi connectivity index (χ1n) is 7.69. The molecule has 1 aromatic heterocycles. The van der Waals surface area contributed by atoms with Crippen molar-refractivity contribution in [2.45, 2.75) is 39.4 Å². The summed E-state index contributed by atoms with van der Waals surface area (Å²) in [5, 5.41) is 2.29. The summed E-state index contributed by atoms with van der Waals surface area (Å²) >= 11 is 0. The van der Waals surface area contributed by atoms with E-state index in [2.05, 4.69) is 10.3 Å². The van der Waals surface area contributed by atoms with E-state index in [1.54, 1.807) is 26.8 Å². The van der Waals surface area contributed by atoms with E-state index in [1.807, 2.05) is 0 Å². The Morgan fingerprint density at radius 2 is 1.92 bits per heavy atom. The number of aromatic nitrogens is 2. The van der Waals surface area contributed by atoms with E-state index in [1.165, 1.54) is 22.8 Å². The van der Waals surface area contributed by atoms with Gasteiger partial charge in [0.1, 0.15) is 6.04 Å². The second kappa shape index (κ2) is 7.08. The molecule has 0 aliphatic rings. The molecule has 134 valence electrons. The Labute approximate surface area is 142 Å². The van der Waals surface area contributed by atoms with Crippen molar-refractivity contribution in [1.82, 2.24) is 9.55 Å². The first-order chi connectivity index (χ1) is 11.6. The standard InChI is InChI=1S/C17H18F3N3O2/c1-4-14(23-11(3)9-10(2)21-16(23)25)15(24)22-13-8-6-5-7-12(13)17(18,19)20/h5-9,14H,4H2,1-3H3,(H,22,24). The number of benzene rings is 1. The van der Waals surface area contributed by atoms with Crippen molar-refractivity contribution in [3.63, 3.8) is 0 Å². The molecule has 0 radical (unpaired) electrons. The number of hydrogen-bond acceptors (Lipinski definition) is 3. The zero-order valence-corrected chi connectivity index (χ0v) is 14.0. The van der Waals surface area contributed by atoms with Crippen molar-refractivity contribution < 1.29 is 18.0 Å². The molecule has 0 saturated heterocycles. The fourth-order valence-electron chi connectivity index (χ4n) is 2.68. The van der Waals surface area contributed by atoms with Crippen molar-refractivity contribution in [2.75, 3.05) is 5.32 Å². The lowest BCUT2D eigenvalue weighted by Crippen LogP contribution is -2.36. The molecule has 0 aliphatic heterocycles. The van der Waals surface area contributed by atoms with Crippen LogP contribution in [-0.2, 0) is 11.0 Å². The van der Waals surface area contributed by atoms with Gasteiger partial charge in [0.2, 0.25) is 5.91 Å². The fraction of sp³-hybridized carbons (Fsp3) is 0.353. The second-order valence-corrected chi connectivity index (χ2v) is 5.65. The molecule has 1 atom stereocenters. The molecule has 8 heteroatoms. The van der Waals surface area contributed by atoms with Gasteiger partial charge in [0.25, 0.3) is 0 Å². The van der Waals surface area contributed by atoms with Crippen LogP contribution in [0, 0.1) is 13.8 Å². The van der Waals surface area contributed by atoms with E-state index in [-0.39, 0.29) is 12.1 Å². The van der Waals surface area contributed by atoms with Crippen LogP contribution in [0.3, 0.4) is 0 Å². The van der Waals surface area contributed by atoms with Gasteiger partial charge in [-0.15, -0.1) is 0 Å². The molecular formula is C17H18F3N3O2. The number of carbonyl (C=O) groups excluding carboxylic acids is 1. The third-order valence-electron chi connectivity index (χ3n) is 3.77. The van der Waals surface area contributed by atoms with Gasteiger partial charge in [-0.05, 0) is 38.5 Å². The number of halogens is 3. The topological polar surface area (TPSA) is 64.0 Å². The lowest BCUT2D eigenvalue weighted by molar-refractivity contribution is -0.137. The highest BCUT2D eigenvalue weighted by molar-refractivity contribution is 5.94. The van der Waals surface area contributed by atoms with Crippen LogP contribution < -0.4 is 11.0 Å². The van der Waals surface area contributed by atoms with Crippen LogP contribution in [0.1, 0.15) is 36.3 Å². The Balaban J connectivity index is 2.39. The van der Waals surface area contributed by atoms with E-state index in [0.29, 0.717) is 11.4 Å². The predicted molar refractivity (Wildman–Crippen MR) is 87.4 cm³/mol. The molecule has 0 saturated carbocycles. The van der Waals surface area contributed by atoms with E-state index < -0.39 is 29.4 Å². The summed E-state index contributed by atoms with van der Waals surface area (Å²) in [7, 11) is 0. The number of rotatable bonds is 4. The fourth-order valence-corrected chi connectivity index (χ4v) is 2.68. The SMILES string of the molecule is CCC(C(=O)Nc1ccccc1C(F)(F)F)n1c(C)cc(C)nc1=O. The first-order valence-corrected chi connectivity index (χ1v) is 7.69. The first kappa shape index (κ1) is 18.7. The summed E-state index contributed by atoms with van der Waals surface area (Å²) in [5.74, 6) is -0.699. The number of hydrogen-bond donors (Lipinski definition) is 1. The lowest BCUT2D eigenvalue weighted by Gasteiger charge is -2.21. The molecule has 1 heterocycles. The second-order valence-electron chi connectivity index (χ2n) is 5.65. The van der Waals surface area contributed by atoms with Crippen LogP contribution in [0.15, 0.2) is 35.1 Å². The maximum atomic E-state index is 13.1. The number of para-hydroxylation sites is 1. The van der Waals surface area contributed by atoms with Gasteiger partial charge in [0.05, 0.1) is 11.3 Å². The number of alkyl halides is 3. The molecule has 2 rings (SSSR count). The molecule has 1 unspecified atom stereocenters. The van der Waals surface area contributed by atoms with E-state index in [4.69, 9.17) is 0 Å². The third-order valence-corrected chi connectivity index (χ3v) is 3.77. The minimum atomic E-state index is -4.59. The van der Waals surface area contributed by atoms with Crippen LogP contribution in [-0.4, -0.2) is 15.5 Å². The molecule has 1 amide bonds. The highest BCUT2D eigenvalue weighted by atomic mass is 19.4. The van der Waals surface area contributed by atoms with Crippen molar-refractivity contribution in [1.29, 1.82) is 0 Å². The van der Waals surface area contributed by atoms with Crippen LogP contribution in [0.25, 0.3) is 0 Å². The van der Waals surface area contributed by atoms with Crippen LogP contribution in [0.5, 0.6) is 0 Å². The number of nitrogens with one attached hydrogen (secondary N) is 1. The molecule has 0 spiro atoms. The van der Waals surface area contributed by atoms with Crippen LogP contribution in [0.4, 0.5) is 18.9 Å². The molecule has 25 heavy (non-hydrogen) atoms. The molecule has 2 aromatic rings. The van der Waals surface area contributed by atoms with E-state index in [9.17, 15) is 22.8 Å². The van der Waals surface area contributed by atoms with Crippen LogP contribution >= 0.6 is 0 Å². The number of nitrogens with zero attached hydrogens (tertiary/aromatic N) is 2. The number of anilines is 1. The zero-order valence-electron chi connectivity index (χ0n) is 14.0. The molecule has 0 bridgehead atoms. The normalized spacial score (nSPS) is 12.7. The molecule has 5 nitrogen and oxygen atoms in total.